The lowest BCUT2D eigenvalue weighted by Crippen LogP contribution is -1.97. The molecule has 0 saturated carbocycles. The number of ether oxygens (including phenoxy) is 1. The molecule has 5 heteroatoms. The van der Waals surface area contributed by atoms with Crippen LogP contribution in [0.25, 0.3) is 10.9 Å². The predicted molar refractivity (Wildman–Crippen MR) is 77.1 cm³/mol. The van der Waals surface area contributed by atoms with E-state index in [9.17, 15) is 4.79 Å². The number of aryl methyl sites for hydroxylation is 1. The predicted octanol–water partition coefficient (Wildman–Crippen LogP) is 3.98. The number of halogens is 2. The molecule has 0 atom stereocenters. The molecule has 1 heterocycles. The van der Waals surface area contributed by atoms with Crippen LogP contribution in [0.3, 0.4) is 0 Å². The summed E-state index contributed by atoms with van der Waals surface area (Å²) in [5, 5.41) is 0.948. The summed E-state index contributed by atoms with van der Waals surface area (Å²) in [5.74, 6) is 0.710. The van der Waals surface area contributed by atoms with Crippen LogP contribution < -0.4 is 4.74 Å². The Bertz CT molecular complexity index is 614. The van der Waals surface area contributed by atoms with Crippen LogP contribution in [0.5, 0.6) is 5.75 Å². The van der Waals surface area contributed by atoms with Gasteiger partial charge in [0.15, 0.2) is 0 Å². The van der Waals surface area contributed by atoms with Gasteiger partial charge in [0.1, 0.15) is 16.4 Å². The molecule has 2 aromatic rings. The van der Waals surface area contributed by atoms with Gasteiger partial charge in [0.25, 0.3) is 0 Å². The van der Waals surface area contributed by atoms with Crippen molar-refractivity contribution in [3.8, 4) is 5.75 Å². The van der Waals surface area contributed by atoms with Crippen molar-refractivity contribution in [3.63, 3.8) is 0 Å². The number of hydrogen-bond donors (Lipinski definition) is 0. The van der Waals surface area contributed by atoms with Gasteiger partial charge < -0.3 is 4.74 Å². The highest BCUT2D eigenvalue weighted by atomic mass is 35.5. The first kappa shape index (κ1) is 14.1. The summed E-state index contributed by atoms with van der Waals surface area (Å²) in [6.45, 7) is 2.49. The fraction of sp³-hybridized carbons (Fsp3) is 0.286. The van der Waals surface area contributed by atoms with E-state index >= 15 is 0 Å². The third-order valence-electron chi connectivity index (χ3n) is 2.73. The summed E-state index contributed by atoms with van der Waals surface area (Å²) in [6, 6.07) is 7.62. The van der Waals surface area contributed by atoms with E-state index in [0.717, 1.165) is 16.5 Å². The zero-order valence-corrected chi connectivity index (χ0v) is 12.0. The van der Waals surface area contributed by atoms with Gasteiger partial charge in [-0.25, -0.2) is 4.98 Å². The molecule has 1 aromatic heterocycles. The number of fused-ring (bicyclic) bond motifs is 1. The number of benzene rings is 1. The van der Waals surface area contributed by atoms with Gasteiger partial charge in [-0.2, -0.15) is 0 Å². The van der Waals surface area contributed by atoms with Crippen molar-refractivity contribution in [2.45, 2.75) is 19.8 Å². The first-order chi connectivity index (χ1) is 9.11. The SMILES string of the molecule is CCOc1cccc2cc(CCC(=O)Cl)c(Cl)nc12. The average Bonchev–Trinajstić information content (AvgIpc) is 2.37. The van der Waals surface area contributed by atoms with Gasteiger partial charge in [0, 0.05) is 11.8 Å². The highest BCUT2D eigenvalue weighted by Gasteiger charge is 2.10. The largest absolute Gasteiger partial charge is 0.492 e. The molecule has 0 fully saturated rings. The summed E-state index contributed by atoms with van der Waals surface area (Å²) in [5.41, 5.74) is 1.55. The van der Waals surface area contributed by atoms with Crippen LogP contribution in [0.2, 0.25) is 5.15 Å². The summed E-state index contributed by atoms with van der Waals surface area (Å²) in [7, 11) is 0. The van der Waals surface area contributed by atoms with Crippen molar-refractivity contribution in [1.29, 1.82) is 0 Å². The van der Waals surface area contributed by atoms with Crippen LogP contribution in [0.1, 0.15) is 18.9 Å². The molecule has 19 heavy (non-hydrogen) atoms. The minimum absolute atomic E-state index is 0.250. The Morgan fingerprint density at radius 3 is 2.89 bits per heavy atom. The van der Waals surface area contributed by atoms with Crippen molar-refractivity contribution in [2.75, 3.05) is 6.61 Å². The Balaban J connectivity index is 2.42. The Morgan fingerprint density at radius 2 is 2.21 bits per heavy atom. The number of hydrogen-bond acceptors (Lipinski definition) is 3. The second-order valence-corrected chi connectivity index (χ2v) is 4.83. The molecule has 1 aromatic carbocycles. The summed E-state index contributed by atoms with van der Waals surface area (Å²) < 4.78 is 5.52. The molecule has 0 saturated heterocycles. The van der Waals surface area contributed by atoms with Crippen LogP contribution in [-0.4, -0.2) is 16.8 Å². The van der Waals surface area contributed by atoms with Crippen LogP contribution in [0.15, 0.2) is 24.3 Å². The summed E-state index contributed by atoms with van der Waals surface area (Å²) >= 11 is 11.5. The second-order valence-electron chi connectivity index (χ2n) is 4.05. The molecule has 0 aliphatic carbocycles. The van der Waals surface area contributed by atoms with E-state index in [-0.39, 0.29) is 11.7 Å². The number of rotatable bonds is 5. The third-order valence-corrected chi connectivity index (χ3v) is 3.24. The minimum atomic E-state index is -0.376. The Labute approximate surface area is 121 Å². The first-order valence-electron chi connectivity index (χ1n) is 6.01. The number of pyridine rings is 1. The molecule has 0 bridgehead atoms. The summed E-state index contributed by atoms with van der Waals surface area (Å²) in [6.07, 6.45) is 0.739. The van der Waals surface area contributed by atoms with Crippen molar-refractivity contribution < 1.29 is 9.53 Å². The number of carbonyl (C=O) groups excluding carboxylic acids is 1. The summed E-state index contributed by atoms with van der Waals surface area (Å²) in [4.78, 5) is 15.2. The highest BCUT2D eigenvalue weighted by molar-refractivity contribution is 6.63. The highest BCUT2D eigenvalue weighted by Crippen LogP contribution is 2.28. The molecule has 0 spiro atoms. The monoisotopic (exact) mass is 297 g/mol. The smallest absolute Gasteiger partial charge is 0.221 e. The van der Waals surface area contributed by atoms with Gasteiger partial charge in [0.2, 0.25) is 5.24 Å². The van der Waals surface area contributed by atoms with E-state index in [1.807, 2.05) is 31.2 Å². The van der Waals surface area contributed by atoms with Crippen molar-refractivity contribution in [2.24, 2.45) is 0 Å². The topological polar surface area (TPSA) is 39.2 Å². The quantitative estimate of drug-likeness (QED) is 0.619. The maximum Gasteiger partial charge on any atom is 0.221 e. The fourth-order valence-electron chi connectivity index (χ4n) is 1.87. The molecule has 100 valence electrons. The van der Waals surface area contributed by atoms with E-state index in [2.05, 4.69) is 4.98 Å². The van der Waals surface area contributed by atoms with Crippen LogP contribution >= 0.6 is 23.2 Å². The van der Waals surface area contributed by atoms with E-state index < -0.39 is 0 Å². The van der Waals surface area contributed by atoms with E-state index in [0.29, 0.717) is 23.9 Å². The average molecular weight is 298 g/mol. The fourth-order valence-corrected chi connectivity index (χ4v) is 2.20. The Kier molecular flexibility index (Phi) is 4.61. The lowest BCUT2D eigenvalue weighted by molar-refractivity contribution is -0.111. The minimum Gasteiger partial charge on any atom is -0.492 e. The number of carbonyl (C=O) groups is 1. The van der Waals surface area contributed by atoms with E-state index in [1.54, 1.807) is 0 Å². The van der Waals surface area contributed by atoms with Crippen molar-refractivity contribution in [1.82, 2.24) is 4.98 Å². The molecule has 0 aliphatic heterocycles. The molecule has 0 N–H and O–H groups in total. The maximum absolute atomic E-state index is 10.8. The molecular formula is C14H13Cl2NO2. The van der Waals surface area contributed by atoms with Gasteiger partial charge in [-0.15, -0.1) is 0 Å². The lowest BCUT2D eigenvalue weighted by atomic mass is 10.1. The molecule has 0 radical (unpaired) electrons. The van der Waals surface area contributed by atoms with E-state index in [4.69, 9.17) is 27.9 Å². The van der Waals surface area contributed by atoms with Gasteiger partial charge in [-0.05, 0) is 42.6 Å². The van der Waals surface area contributed by atoms with Crippen LogP contribution in [0, 0.1) is 0 Å². The maximum atomic E-state index is 10.8. The Morgan fingerprint density at radius 1 is 1.42 bits per heavy atom. The number of para-hydroxylation sites is 1. The number of nitrogens with zero attached hydrogens (tertiary/aromatic N) is 1. The molecule has 0 aliphatic rings. The molecule has 0 amide bonds. The molecule has 0 unspecified atom stereocenters. The van der Waals surface area contributed by atoms with Gasteiger partial charge in [-0.1, -0.05) is 23.7 Å². The molecular weight excluding hydrogens is 285 g/mol. The second kappa shape index (κ2) is 6.22. The van der Waals surface area contributed by atoms with Crippen molar-refractivity contribution >= 4 is 39.3 Å². The van der Waals surface area contributed by atoms with Crippen molar-refractivity contribution in [3.05, 3.63) is 35.0 Å². The first-order valence-corrected chi connectivity index (χ1v) is 6.76. The van der Waals surface area contributed by atoms with Gasteiger partial charge >= 0.3 is 0 Å². The number of aromatic nitrogens is 1. The van der Waals surface area contributed by atoms with E-state index in [1.165, 1.54) is 0 Å². The van der Waals surface area contributed by atoms with Gasteiger partial charge in [0.05, 0.1) is 6.61 Å². The molecule has 2 rings (SSSR count). The molecule has 3 nitrogen and oxygen atoms in total. The van der Waals surface area contributed by atoms with Crippen LogP contribution in [-0.2, 0) is 11.2 Å². The zero-order valence-electron chi connectivity index (χ0n) is 10.5. The zero-order chi connectivity index (χ0) is 13.8. The normalized spacial score (nSPS) is 10.7. The Hall–Kier alpha value is -1.32. The van der Waals surface area contributed by atoms with Crippen LogP contribution in [0.4, 0.5) is 0 Å². The lowest BCUT2D eigenvalue weighted by Gasteiger charge is -2.09. The third kappa shape index (κ3) is 3.37. The standard InChI is InChI=1S/C14H13Cl2NO2/c1-2-19-11-5-3-4-9-8-10(6-7-12(15)18)14(16)17-13(9)11/h3-5,8H,2,6-7H2,1H3. The van der Waals surface area contributed by atoms with Gasteiger partial charge in [-0.3, -0.25) is 4.79 Å².